The first-order valence-corrected chi connectivity index (χ1v) is 9.38. The third-order valence-corrected chi connectivity index (χ3v) is 5.20. The van der Waals surface area contributed by atoms with Gasteiger partial charge in [0.25, 0.3) is 11.6 Å². The molecular weight excluding hydrogens is 344 g/mol. The zero-order valence-electron chi connectivity index (χ0n) is 14.6. The van der Waals surface area contributed by atoms with Gasteiger partial charge in [-0.25, -0.2) is 4.79 Å². The van der Waals surface area contributed by atoms with E-state index in [1.54, 1.807) is 11.2 Å². The normalized spacial score (nSPS) is 20.2. The average molecular weight is 366 g/mol. The molecule has 8 heteroatoms. The third kappa shape index (κ3) is 4.50. The van der Waals surface area contributed by atoms with E-state index in [9.17, 15) is 19.7 Å². The second-order valence-electron chi connectivity index (χ2n) is 6.15. The number of likely N-dealkylation sites (tertiary alicyclic amines) is 1. The van der Waals surface area contributed by atoms with Crippen LogP contribution in [-0.4, -0.2) is 46.6 Å². The SMILES string of the molecule is CSc1ccc(C(=O)OCC(=O)N2[C@H](C)CCC[C@H]2C)cc1[N+](=O)[O-]. The Morgan fingerprint density at radius 1 is 1.32 bits per heavy atom. The van der Waals surface area contributed by atoms with Crippen LogP contribution in [0.2, 0.25) is 0 Å². The molecule has 1 saturated heterocycles. The molecule has 1 heterocycles. The molecule has 1 aromatic rings. The van der Waals surface area contributed by atoms with E-state index in [-0.39, 0.29) is 35.8 Å². The summed E-state index contributed by atoms with van der Waals surface area (Å²) in [7, 11) is 0. The molecule has 25 heavy (non-hydrogen) atoms. The van der Waals surface area contributed by atoms with Crippen molar-refractivity contribution in [3.8, 4) is 0 Å². The number of esters is 1. The molecule has 0 N–H and O–H groups in total. The summed E-state index contributed by atoms with van der Waals surface area (Å²) in [5, 5.41) is 11.1. The summed E-state index contributed by atoms with van der Waals surface area (Å²) < 4.78 is 5.09. The first-order valence-electron chi connectivity index (χ1n) is 8.15. The van der Waals surface area contributed by atoms with Gasteiger partial charge in [-0.2, -0.15) is 0 Å². The number of piperidine rings is 1. The maximum absolute atomic E-state index is 12.4. The molecule has 0 saturated carbocycles. The summed E-state index contributed by atoms with van der Waals surface area (Å²) in [6.07, 6.45) is 4.68. The molecule has 0 bridgehead atoms. The van der Waals surface area contributed by atoms with Gasteiger partial charge in [-0.05, 0) is 51.5 Å². The van der Waals surface area contributed by atoms with Gasteiger partial charge >= 0.3 is 5.97 Å². The number of benzene rings is 1. The highest BCUT2D eigenvalue weighted by Crippen LogP contribution is 2.28. The molecule has 0 aliphatic carbocycles. The van der Waals surface area contributed by atoms with Gasteiger partial charge in [0.1, 0.15) is 0 Å². The van der Waals surface area contributed by atoms with Crippen LogP contribution in [0.5, 0.6) is 0 Å². The second kappa shape index (κ2) is 8.33. The Kier molecular flexibility index (Phi) is 6.41. The molecule has 7 nitrogen and oxygen atoms in total. The maximum Gasteiger partial charge on any atom is 0.338 e. The van der Waals surface area contributed by atoms with Gasteiger partial charge in [-0.15, -0.1) is 11.8 Å². The van der Waals surface area contributed by atoms with Gasteiger partial charge in [0.15, 0.2) is 6.61 Å². The van der Waals surface area contributed by atoms with E-state index in [1.165, 1.54) is 30.0 Å². The van der Waals surface area contributed by atoms with Crippen LogP contribution < -0.4 is 0 Å². The molecule has 0 aromatic heterocycles. The maximum atomic E-state index is 12.4. The Morgan fingerprint density at radius 3 is 2.52 bits per heavy atom. The standard InChI is InChI=1S/C17H22N2O5S/c1-11-5-4-6-12(2)18(11)16(20)10-24-17(21)13-7-8-15(25-3)14(9-13)19(22)23/h7-9,11-12H,4-6,10H2,1-3H3/t11-,12-/m1/s1. The number of thioether (sulfide) groups is 1. The summed E-state index contributed by atoms with van der Waals surface area (Å²) in [5.74, 6) is -0.968. The van der Waals surface area contributed by atoms with Crippen molar-refractivity contribution in [1.29, 1.82) is 0 Å². The van der Waals surface area contributed by atoms with Crippen molar-refractivity contribution in [2.75, 3.05) is 12.9 Å². The van der Waals surface area contributed by atoms with E-state index < -0.39 is 10.9 Å². The Labute approximate surface area is 150 Å². The van der Waals surface area contributed by atoms with Crippen molar-refractivity contribution in [1.82, 2.24) is 4.90 Å². The minimum Gasteiger partial charge on any atom is -0.452 e. The van der Waals surface area contributed by atoms with Gasteiger partial charge < -0.3 is 9.64 Å². The van der Waals surface area contributed by atoms with Gasteiger partial charge in [0.05, 0.1) is 15.4 Å². The molecular formula is C17H22N2O5S. The van der Waals surface area contributed by atoms with Crippen LogP contribution in [0.25, 0.3) is 0 Å². The molecule has 0 radical (unpaired) electrons. The number of carbonyl (C=O) groups excluding carboxylic acids is 2. The van der Waals surface area contributed by atoms with E-state index in [0.717, 1.165) is 19.3 Å². The minimum atomic E-state index is -0.735. The van der Waals surface area contributed by atoms with Crippen LogP contribution in [0.15, 0.2) is 23.1 Å². The van der Waals surface area contributed by atoms with E-state index in [1.807, 2.05) is 13.8 Å². The topological polar surface area (TPSA) is 89.8 Å². The predicted octanol–water partition coefficient (Wildman–Crippen LogP) is 3.26. The first-order chi connectivity index (χ1) is 11.8. The highest BCUT2D eigenvalue weighted by Gasteiger charge is 2.29. The minimum absolute atomic E-state index is 0.0667. The molecule has 1 aliphatic heterocycles. The zero-order chi connectivity index (χ0) is 18.6. The third-order valence-electron chi connectivity index (χ3n) is 4.42. The van der Waals surface area contributed by atoms with Crippen molar-refractivity contribution < 1.29 is 19.2 Å². The molecule has 1 fully saturated rings. The van der Waals surface area contributed by atoms with Crippen molar-refractivity contribution in [2.45, 2.75) is 50.1 Å². The molecule has 136 valence electrons. The number of carbonyl (C=O) groups is 2. The number of amides is 1. The summed E-state index contributed by atoms with van der Waals surface area (Å²) >= 11 is 1.23. The number of nitro groups is 1. The van der Waals surface area contributed by atoms with Crippen molar-refractivity contribution in [3.63, 3.8) is 0 Å². The molecule has 1 aromatic carbocycles. The lowest BCUT2D eigenvalue weighted by Gasteiger charge is -2.38. The van der Waals surface area contributed by atoms with Crippen LogP contribution in [0.3, 0.4) is 0 Å². The fourth-order valence-electron chi connectivity index (χ4n) is 3.16. The van der Waals surface area contributed by atoms with Crippen LogP contribution >= 0.6 is 11.8 Å². The first kappa shape index (κ1) is 19.2. The fourth-order valence-corrected chi connectivity index (χ4v) is 3.70. The van der Waals surface area contributed by atoms with Crippen molar-refractivity contribution in [2.24, 2.45) is 0 Å². The van der Waals surface area contributed by atoms with E-state index in [4.69, 9.17) is 4.74 Å². The van der Waals surface area contributed by atoms with Crippen LogP contribution in [0, 0.1) is 10.1 Å². The fraction of sp³-hybridized carbons (Fsp3) is 0.529. The Bertz CT molecular complexity index is 669. The molecule has 0 spiro atoms. The molecule has 0 unspecified atom stereocenters. The Morgan fingerprint density at radius 2 is 1.96 bits per heavy atom. The van der Waals surface area contributed by atoms with Gasteiger partial charge in [0, 0.05) is 18.2 Å². The van der Waals surface area contributed by atoms with Gasteiger partial charge in [-0.3, -0.25) is 14.9 Å². The number of nitro benzene ring substituents is 1. The van der Waals surface area contributed by atoms with Crippen molar-refractivity contribution >= 4 is 29.3 Å². The molecule has 1 amide bonds. The predicted molar refractivity (Wildman–Crippen MR) is 94.8 cm³/mol. The Balaban J connectivity index is 2.03. The van der Waals surface area contributed by atoms with Crippen LogP contribution in [0.4, 0.5) is 5.69 Å². The van der Waals surface area contributed by atoms with Crippen LogP contribution in [-0.2, 0) is 9.53 Å². The van der Waals surface area contributed by atoms with E-state index in [2.05, 4.69) is 0 Å². The molecule has 2 rings (SSSR count). The molecule has 2 atom stereocenters. The summed E-state index contributed by atoms with van der Waals surface area (Å²) in [4.78, 5) is 37.3. The zero-order valence-corrected chi connectivity index (χ0v) is 15.4. The number of rotatable bonds is 5. The summed E-state index contributed by atoms with van der Waals surface area (Å²) in [5.41, 5.74) is -0.0800. The molecule has 1 aliphatic rings. The number of hydrogen-bond acceptors (Lipinski definition) is 6. The van der Waals surface area contributed by atoms with E-state index in [0.29, 0.717) is 4.90 Å². The number of ether oxygens (including phenoxy) is 1. The second-order valence-corrected chi connectivity index (χ2v) is 7.00. The lowest BCUT2D eigenvalue weighted by molar-refractivity contribution is -0.387. The lowest BCUT2D eigenvalue weighted by atomic mass is 9.97. The quantitative estimate of drug-likeness (QED) is 0.344. The monoisotopic (exact) mass is 366 g/mol. The summed E-state index contributed by atoms with van der Waals surface area (Å²) in [6.45, 7) is 3.62. The lowest BCUT2D eigenvalue weighted by Crippen LogP contribution is -2.49. The largest absolute Gasteiger partial charge is 0.452 e. The highest BCUT2D eigenvalue weighted by atomic mass is 32.2. The van der Waals surface area contributed by atoms with Crippen LogP contribution in [0.1, 0.15) is 43.5 Å². The van der Waals surface area contributed by atoms with E-state index >= 15 is 0 Å². The number of hydrogen-bond donors (Lipinski definition) is 0. The Hall–Kier alpha value is -2.09. The van der Waals surface area contributed by atoms with Crippen molar-refractivity contribution in [3.05, 3.63) is 33.9 Å². The summed E-state index contributed by atoms with van der Waals surface area (Å²) in [6, 6.07) is 4.41. The highest BCUT2D eigenvalue weighted by molar-refractivity contribution is 7.98. The smallest absolute Gasteiger partial charge is 0.338 e. The average Bonchev–Trinajstić information content (AvgIpc) is 2.58. The van der Waals surface area contributed by atoms with Gasteiger partial charge in [0.2, 0.25) is 0 Å². The van der Waals surface area contributed by atoms with Gasteiger partial charge in [-0.1, -0.05) is 0 Å². The number of nitrogens with zero attached hydrogens (tertiary/aromatic N) is 2.